The van der Waals surface area contributed by atoms with Gasteiger partial charge in [-0.15, -0.1) is 0 Å². The number of piperazine rings is 1. The van der Waals surface area contributed by atoms with Crippen LogP contribution in [0.4, 0.5) is 0 Å². The lowest BCUT2D eigenvalue weighted by Crippen LogP contribution is -2.52. The Balaban J connectivity index is 1.31. The van der Waals surface area contributed by atoms with E-state index < -0.39 is 0 Å². The van der Waals surface area contributed by atoms with E-state index >= 15 is 0 Å². The second-order valence-corrected chi connectivity index (χ2v) is 7.42. The SMILES string of the molecule is O=C(C1CCCO1)N1CCN(CC2CCCc3ccccc32)CC1. The van der Waals surface area contributed by atoms with Crippen molar-refractivity contribution >= 4 is 5.91 Å². The number of carbonyl (C=O) groups is 1. The minimum atomic E-state index is -0.165. The van der Waals surface area contributed by atoms with Crippen molar-refractivity contribution in [1.82, 2.24) is 9.80 Å². The average molecular weight is 328 g/mol. The lowest BCUT2D eigenvalue weighted by atomic mass is 9.82. The lowest BCUT2D eigenvalue weighted by Gasteiger charge is -2.38. The van der Waals surface area contributed by atoms with Crippen LogP contribution in [0, 0.1) is 0 Å². The van der Waals surface area contributed by atoms with E-state index in [9.17, 15) is 4.79 Å². The first-order chi connectivity index (χ1) is 11.8. The fraction of sp³-hybridized carbons (Fsp3) is 0.650. The summed E-state index contributed by atoms with van der Waals surface area (Å²) in [6.07, 6.45) is 5.60. The fourth-order valence-corrected chi connectivity index (χ4v) is 4.48. The van der Waals surface area contributed by atoms with Gasteiger partial charge in [0.05, 0.1) is 0 Å². The topological polar surface area (TPSA) is 32.8 Å². The molecule has 24 heavy (non-hydrogen) atoms. The number of nitrogens with zero attached hydrogens (tertiary/aromatic N) is 2. The van der Waals surface area contributed by atoms with Crippen LogP contribution in [0.15, 0.2) is 24.3 Å². The molecule has 1 aromatic carbocycles. The Bertz CT molecular complexity index is 575. The van der Waals surface area contributed by atoms with Gasteiger partial charge in [0.1, 0.15) is 6.10 Å². The van der Waals surface area contributed by atoms with Crippen molar-refractivity contribution in [3.63, 3.8) is 0 Å². The molecule has 2 saturated heterocycles. The quantitative estimate of drug-likeness (QED) is 0.854. The third-order valence-electron chi connectivity index (χ3n) is 5.86. The van der Waals surface area contributed by atoms with Gasteiger partial charge in [-0.05, 0) is 49.1 Å². The van der Waals surface area contributed by atoms with Gasteiger partial charge in [0.2, 0.25) is 0 Å². The van der Waals surface area contributed by atoms with Gasteiger partial charge >= 0.3 is 0 Å². The first-order valence-electron chi connectivity index (χ1n) is 9.52. The van der Waals surface area contributed by atoms with Crippen LogP contribution in [0.3, 0.4) is 0 Å². The summed E-state index contributed by atoms with van der Waals surface area (Å²) >= 11 is 0. The van der Waals surface area contributed by atoms with Crippen LogP contribution in [0.5, 0.6) is 0 Å². The van der Waals surface area contributed by atoms with E-state index in [1.165, 1.54) is 19.3 Å². The summed E-state index contributed by atoms with van der Waals surface area (Å²) in [4.78, 5) is 17.0. The zero-order valence-corrected chi connectivity index (χ0v) is 14.5. The van der Waals surface area contributed by atoms with Crippen molar-refractivity contribution < 1.29 is 9.53 Å². The number of amides is 1. The van der Waals surface area contributed by atoms with E-state index in [-0.39, 0.29) is 12.0 Å². The molecule has 1 aromatic rings. The minimum Gasteiger partial charge on any atom is -0.368 e. The molecule has 1 aliphatic carbocycles. The highest BCUT2D eigenvalue weighted by atomic mass is 16.5. The molecule has 0 radical (unpaired) electrons. The van der Waals surface area contributed by atoms with Crippen molar-refractivity contribution in [3.05, 3.63) is 35.4 Å². The van der Waals surface area contributed by atoms with Gasteiger partial charge in [0, 0.05) is 39.3 Å². The molecule has 0 N–H and O–H groups in total. The van der Waals surface area contributed by atoms with E-state index in [0.29, 0.717) is 5.92 Å². The molecule has 3 aliphatic rings. The van der Waals surface area contributed by atoms with Crippen LogP contribution in [0.2, 0.25) is 0 Å². The summed E-state index contributed by atoms with van der Waals surface area (Å²) in [5, 5.41) is 0. The fourth-order valence-electron chi connectivity index (χ4n) is 4.48. The number of ether oxygens (including phenoxy) is 1. The first-order valence-corrected chi connectivity index (χ1v) is 9.52. The summed E-state index contributed by atoms with van der Waals surface area (Å²) in [6, 6.07) is 8.95. The van der Waals surface area contributed by atoms with Gasteiger partial charge in [-0.3, -0.25) is 9.69 Å². The number of fused-ring (bicyclic) bond motifs is 1. The van der Waals surface area contributed by atoms with E-state index in [0.717, 1.165) is 52.2 Å². The van der Waals surface area contributed by atoms with Crippen LogP contribution < -0.4 is 0 Å². The second kappa shape index (κ2) is 7.24. The Morgan fingerprint density at radius 3 is 2.71 bits per heavy atom. The van der Waals surface area contributed by atoms with Crippen LogP contribution in [0.1, 0.15) is 42.7 Å². The molecular formula is C20H28N2O2. The first kappa shape index (κ1) is 16.1. The predicted molar refractivity (Wildman–Crippen MR) is 94.1 cm³/mol. The molecule has 2 unspecified atom stereocenters. The van der Waals surface area contributed by atoms with Crippen molar-refractivity contribution in [2.75, 3.05) is 39.3 Å². The van der Waals surface area contributed by atoms with Gasteiger partial charge in [0.15, 0.2) is 0 Å². The number of benzene rings is 1. The Morgan fingerprint density at radius 2 is 1.92 bits per heavy atom. The highest BCUT2D eigenvalue weighted by molar-refractivity contribution is 5.81. The summed E-state index contributed by atoms with van der Waals surface area (Å²) in [7, 11) is 0. The van der Waals surface area contributed by atoms with Crippen LogP contribution in [0.25, 0.3) is 0 Å². The number of carbonyl (C=O) groups excluding carboxylic acids is 1. The minimum absolute atomic E-state index is 0.165. The van der Waals surface area contributed by atoms with Gasteiger partial charge in [-0.2, -0.15) is 0 Å². The Hall–Kier alpha value is -1.39. The summed E-state index contributed by atoms with van der Waals surface area (Å²) in [5.41, 5.74) is 3.10. The molecule has 0 aromatic heterocycles. The molecule has 130 valence electrons. The third-order valence-corrected chi connectivity index (χ3v) is 5.86. The highest BCUT2D eigenvalue weighted by Gasteiger charge is 2.31. The molecule has 0 saturated carbocycles. The number of hydrogen-bond donors (Lipinski definition) is 0. The Kier molecular flexibility index (Phi) is 4.86. The number of hydrogen-bond acceptors (Lipinski definition) is 3. The molecule has 1 amide bonds. The highest BCUT2D eigenvalue weighted by Crippen LogP contribution is 2.32. The molecular weight excluding hydrogens is 300 g/mol. The van der Waals surface area contributed by atoms with Crippen molar-refractivity contribution in [3.8, 4) is 0 Å². The van der Waals surface area contributed by atoms with Crippen molar-refractivity contribution in [1.29, 1.82) is 0 Å². The van der Waals surface area contributed by atoms with Gasteiger partial charge in [0.25, 0.3) is 5.91 Å². The average Bonchev–Trinajstić information content (AvgIpc) is 3.17. The van der Waals surface area contributed by atoms with Crippen molar-refractivity contribution in [2.24, 2.45) is 0 Å². The molecule has 2 atom stereocenters. The van der Waals surface area contributed by atoms with E-state index in [4.69, 9.17) is 4.74 Å². The maximum Gasteiger partial charge on any atom is 0.251 e. The van der Waals surface area contributed by atoms with Gasteiger partial charge in [-0.1, -0.05) is 24.3 Å². The zero-order valence-electron chi connectivity index (χ0n) is 14.5. The Morgan fingerprint density at radius 1 is 1.08 bits per heavy atom. The van der Waals surface area contributed by atoms with Gasteiger partial charge < -0.3 is 9.64 Å². The molecule has 4 heteroatoms. The lowest BCUT2D eigenvalue weighted by molar-refractivity contribution is -0.142. The molecule has 0 spiro atoms. The standard InChI is InChI=1S/C20H28N2O2/c23-20(19-9-4-14-24-19)22-12-10-21(11-13-22)15-17-7-3-6-16-5-1-2-8-18(16)17/h1-2,5,8,17,19H,3-4,6-7,9-15H2. The summed E-state index contributed by atoms with van der Waals surface area (Å²) < 4.78 is 5.55. The molecule has 0 bridgehead atoms. The summed E-state index contributed by atoms with van der Waals surface area (Å²) in [6.45, 7) is 5.59. The van der Waals surface area contributed by atoms with Crippen molar-refractivity contribution in [2.45, 2.75) is 44.1 Å². The molecule has 4 nitrogen and oxygen atoms in total. The van der Waals surface area contributed by atoms with Crippen LogP contribution in [-0.4, -0.2) is 61.1 Å². The molecule has 2 aliphatic heterocycles. The molecule has 2 fully saturated rings. The number of rotatable bonds is 3. The monoisotopic (exact) mass is 328 g/mol. The summed E-state index contributed by atoms with van der Waals surface area (Å²) in [5.74, 6) is 0.880. The van der Waals surface area contributed by atoms with Crippen LogP contribution >= 0.6 is 0 Å². The molecule has 2 heterocycles. The maximum absolute atomic E-state index is 12.4. The largest absolute Gasteiger partial charge is 0.368 e. The molecule has 4 rings (SSSR count). The zero-order chi connectivity index (χ0) is 16.4. The van der Waals surface area contributed by atoms with E-state index in [2.05, 4.69) is 29.2 Å². The van der Waals surface area contributed by atoms with Crippen LogP contribution in [-0.2, 0) is 16.0 Å². The van der Waals surface area contributed by atoms with E-state index in [1.807, 2.05) is 4.90 Å². The third kappa shape index (κ3) is 3.35. The van der Waals surface area contributed by atoms with E-state index in [1.54, 1.807) is 11.1 Å². The second-order valence-electron chi connectivity index (χ2n) is 7.42. The Labute approximate surface area is 144 Å². The predicted octanol–water partition coefficient (Wildman–Crippen LogP) is 2.43. The number of aryl methyl sites for hydroxylation is 1. The van der Waals surface area contributed by atoms with Gasteiger partial charge in [-0.25, -0.2) is 0 Å². The maximum atomic E-state index is 12.4. The normalized spacial score (nSPS) is 27.9. The smallest absolute Gasteiger partial charge is 0.251 e.